The van der Waals surface area contributed by atoms with E-state index >= 15 is 0 Å². The van der Waals surface area contributed by atoms with Gasteiger partial charge in [-0.05, 0) is 36.4 Å². The van der Waals surface area contributed by atoms with Crippen LogP contribution in [0.2, 0.25) is 0 Å². The molecule has 0 aliphatic heterocycles. The smallest absolute Gasteiger partial charge is 0.216 e. The molecule has 138 valence electrons. The monoisotopic (exact) mass is 383 g/mol. The molecule has 6 nitrogen and oxygen atoms in total. The van der Waals surface area contributed by atoms with Crippen molar-refractivity contribution >= 4 is 10.0 Å². The van der Waals surface area contributed by atoms with Crippen molar-refractivity contribution < 1.29 is 31.1 Å². The van der Waals surface area contributed by atoms with Crippen LogP contribution in [0, 0.1) is 11.6 Å². The maximum Gasteiger partial charge on any atom is 0.216 e. The summed E-state index contributed by atoms with van der Waals surface area (Å²) in [6.07, 6.45) is 3.90. The first-order valence-electron chi connectivity index (χ1n) is 7.50. The fourth-order valence-electron chi connectivity index (χ4n) is 2.47. The first-order chi connectivity index (χ1) is 12.3. The summed E-state index contributed by atoms with van der Waals surface area (Å²) in [7, 11) is -4.08. The third-order valence-corrected chi connectivity index (χ3v) is 5.10. The molecular formula is C17H15F2NO5S. The molecule has 2 N–H and O–H groups in total. The standard InChI is InChI=1S/C17H15F2NO5S/c18-14-3-4-15(19)12(8-14)10-26(22,23)20-11-17(21,13-5-7-24-9-13)16-2-1-6-25-16/h1-9,20-21H,10-11H2/t17-/m0/s1. The normalized spacial score (nSPS) is 14.3. The SMILES string of the molecule is O=S(=O)(Cc1cc(F)ccc1F)NC[C@](O)(c1ccoc1)c1ccco1. The van der Waals surface area contributed by atoms with Crippen LogP contribution < -0.4 is 4.72 Å². The fourth-order valence-corrected chi connectivity index (χ4v) is 3.63. The molecule has 0 spiro atoms. The summed E-state index contributed by atoms with van der Waals surface area (Å²) in [6, 6.07) is 7.04. The van der Waals surface area contributed by atoms with Crippen molar-refractivity contribution in [2.24, 2.45) is 0 Å². The second-order valence-electron chi connectivity index (χ2n) is 5.67. The van der Waals surface area contributed by atoms with Gasteiger partial charge in [-0.1, -0.05) is 0 Å². The molecule has 0 radical (unpaired) electrons. The van der Waals surface area contributed by atoms with Crippen LogP contribution >= 0.6 is 0 Å². The molecule has 2 heterocycles. The Morgan fingerprint density at radius 3 is 2.62 bits per heavy atom. The van der Waals surface area contributed by atoms with E-state index in [1.807, 2.05) is 0 Å². The summed E-state index contributed by atoms with van der Waals surface area (Å²) in [5.74, 6) is -2.27. The molecule has 0 aliphatic rings. The molecule has 3 aromatic rings. The van der Waals surface area contributed by atoms with E-state index in [2.05, 4.69) is 4.72 Å². The van der Waals surface area contributed by atoms with Crippen molar-refractivity contribution in [3.8, 4) is 0 Å². The number of furan rings is 2. The van der Waals surface area contributed by atoms with Gasteiger partial charge in [-0.3, -0.25) is 0 Å². The van der Waals surface area contributed by atoms with Gasteiger partial charge in [0.2, 0.25) is 10.0 Å². The number of nitrogens with one attached hydrogen (secondary N) is 1. The average Bonchev–Trinajstić information content (AvgIpc) is 3.29. The highest BCUT2D eigenvalue weighted by Crippen LogP contribution is 2.30. The van der Waals surface area contributed by atoms with E-state index in [1.54, 1.807) is 0 Å². The topological polar surface area (TPSA) is 92.7 Å². The second-order valence-corrected chi connectivity index (χ2v) is 7.47. The first kappa shape index (κ1) is 18.3. The lowest BCUT2D eigenvalue weighted by Crippen LogP contribution is -2.41. The minimum Gasteiger partial charge on any atom is -0.472 e. The van der Waals surface area contributed by atoms with Gasteiger partial charge in [0, 0.05) is 11.1 Å². The summed E-state index contributed by atoms with van der Waals surface area (Å²) < 4.78 is 63.8. The maximum absolute atomic E-state index is 13.7. The van der Waals surface area contributed by atoms with Crippen LogP contribution in [-0.2, 0) is 21.4 Å². The van der Waals surface area contributed by atoms with Crippen LogP contribution in [0.5, 0.6) is 0 Å². The molecule has 0 amide bonds. The van der Waals surface area contributed by atoms with Gasteiger partial charge in [0.05, 0.1) is 31.1 Å². The molecule has 9 heteroatoms. The zero-order valence-corrected chi connectivity index (χ0v) is 14.2. The summed E-state index contributed by atoms with van der Waals surface area (Å²) >= 11 is 0. The molecular weight excluding hydrogens is 368 g/mol. The van der Waals surface area contributed by atoms with Crippen LogP contribution in [0.3, 0.4) is 0 Å². The maximum atomic E-state index is 13.7. The first-order valence-corrected chi connectivity index (χ1v) is 9.16. The molecule has 0 saturated carbocycles. The zero-order valence-electron chi connectivity index (χ0n) is 13.4. The van der Waals surface area contributed by atoms with E-state index in [-0.39, 0.29) is 16.9 Å². The van der Waals surface area contributed by atoms with Gasteiger partial charge in [-0.15, -0.1) is 0 Å². The summed E-state index contributed by atoms with van der Waals surface area (Å²) in [5.41, 5.74) is -1.88. The third kappa shape index (κ3) is 3.85. The Kier molecular flexibility index (Phi) is 4.94. The van der Waals surface area contributed by atoms with E-state index in [1.165, 1.54) is 37.0 Å². The van der Waals surface area contributed by atoms with Crippen molar-refractivity contribution in [1.82, 2.24) is 4.72 Å². The Hall–Kier alpha value is -2.49. The second kappa shape index (κ2) is 7.02. The lowest BCUT2D eigenvalue weighted by Gasteiger charge is -2.25. The Morgan fingerprint density at radius 2 is 1.96 bits per heavy atom. The quantitative estimate of drug-likeness (QED) is 0.654. The van der Waals surface area contributed by atoms with Crippen molar-refractivity contribution in [1.29, 1.82) is 0 Å². The van der Waals surface area contributed by atoms with Crippen molar-refractivity contribution in [2.75, 3.05) is 6.54 Å². The van der Waals surface area contributed by atoms with E-state index in [4.69, 9.17) is 8.83 Å². The highest BCUT2D eigenvalue weighted by Gasteiger charge is 2.37. The van der Waals surface area contributed by atoms with Gasteiger partial charge in [0.1, 0.15) is 17.4 Å². The lowest BCUT2D eigenvalue weighted by atomic mass is 9.94. The van der Waals surface area contributed by atoms with Gasteiger partial charge >= 0.3 is 0 Å². The fraction of sp³-hybridized carbons (Fsp3) is 0.176. The average molecular weight is 383 g/mol. The summed E-state index contributed by atoms with van der Waals surface area (Å²) in [6.45, 7) is -0.487. The van der Waals surface area contributed by atoms with Gasteiger partial charge in [0.25, 0.3) is 0 Å². The lowest BCUT2D eigenvalue weighted by molar-refractivity contribution is 0.0613. The molecule has 1 atom stereocenters. The van der Waals surface area contributed by atoms with E-state index < -0.39 is 39.6 Å². The van der Waals surface area contributed by atoms with E-state index in [9.17, 15) is 22.3 Å². The molecule has 0 saturated heterocycles. The minimum atomic E-state index is -4.08. The predicted molar refractivity (Wildman–Crippen MR) is 87.4 cm³/mol. The molecule has 0 aliphatic carbocycles. The summed E-state index contributed by atoms with van der Waals surface area (Å²) in [5, 5.41) is 10.9. The molecule has 1 aromatic carbocycles. The van der Waals surface area contributed by atoms with Crippen LogP contribution in [0.15, 0.2) is 64.0 Å². The van der Waals surface area contributed by atoms with Gasteiger partial charge in [-0.2, -0.15) is 0 Å². The Morgan fingerprint density at radius 1 is 1.15 bits per heavy atom. The Bertz CT molecular complexity index is 935. The molecule has 0 fully saturated rings. The van der Waals surface area contributed by atoms with Crippen LogP contribution in [0.25, 0.3) is 0 Å². The molecule has 0 unspecified atom stereocenters. The van der Waals surface area contributed by atoms with Crippen molar-refractivity contribution in [3.63, 3.8) is 0 Å². The zero-order chi connectivity index (χ0) is 18.8. The Balaban J connectivity index is 1.82. The van der Waals surface area contributed by atoms with E-state index in [0.29, 0.717) is 0 Å². The number of aliphatic hydroxyl groups is 1. The van der Waals surface area contributed by atoms with Crippen molar-refractivity contribution in [3.05, 3.63) is 83.7 Å². The highest BCUT2D eigenvalue weighted by molar-refractivity contribution is 7.88. The number of hydrogen-bond donors (Lipinski definition) is 2. The molecule has 2 aromatic heterocycles. The minimum absolute atomic E-state index is 0.0959. The predicted octanol–water partition coefficient (Wildman–Crippen LogP) is 2.51. The molecule has 0 bridgehead atoms. The van der Waals surface area contributed by atoms with Gasteiger partial charge in [-0.25, -0.2) is 21.9 Å². The number of benzene rings is 1. The van der Waals surface area contributed by atoms with Crippen LogP contribution in [0.4, 0.5) is 8.78 Å². The Labute approximate surface area is 148 Å². The van der Waals surface area contributed by atoms with Gasteiger partial charge in [0.15, 0.2) is 5.60 Å². The van der Waals surface area contributed by atoms with Crippen LogP contribution in [-0.4, -0.2) is 20.1 Å². The number of sulfonamides is 1. The van der Waals surface area contributed by atoms with E-state index in [0.717, 1.165) is 18.2 Å². The van der Waals surface area contributed by atoms with Crippen LogP contribution in [0.1, 0.15) is 16.9 Å². The third-order valence-electron chi connectivity index (χ3n) is 3.83. The summed E-state index contributed by atoms with van der Waals surface area (Å²) in [4.78, 5) is 0. The van der Waals surface area contributed by atoms with Crippen molar-refractivity contribution in [2.45, 2.75) is 11.4 Å². The number of halogens is 2. The number of rotatable bonds is 7. The number of hydrogen-bond acceptors (Lipinski definition) is 5. The largest absolute Gasteiger partial charge is 0.472 e. The van der Waals surface area contributed by atoms with Gasteiger partial charge < -0.3 is 13.9 Å². The molecule has 3 rings (SSSR count). The molecule has 26 heavy (non-hydrogen) atoms. The highest BCUT2D eigenvalue weighted by atomic mass is 32.2.